The maximum Gasteiger partial charge on any atom is 0.167 e. The third-order valence-corrected chi connectivity index (χ3v) is 2.05. The summed E-state index contributed by atoms with van der Waals surface area (Å²) in [5, 5.41) is 0. The van der Waals surface area contributed by atoms with Crippen LogP contribution in [0.1, 0.15) is 24.2 Å². The van der Waals surface area contributed by atoms with Crippen LogP contribution in [0.5, 0.6) is 0 Å². The Morgan fingerprint density at radius 2 is 1.57 bits per heavy atom. The van der Waals surface area contributed by atoms with Gasteiger partial charge in [-0.05, 0) is 12.1 Å². The van der Waals surface area contributed by atoms with E-state index in [2.05, 4.69) is 0 Å². The van der Waals surface area contributed by atoms with Crippen molar-refractivity contribution in [2.75, 3.05) is 17.2 Å². The lowest BCUT2D eigenvalue weighted by Crippen LogP contribution is -2.11. The van der Waals surface area contributed by atoms with Crippen LogP contribution < -0.4 is 17.2 Å². The van der Waals surface area contributed by atoms with Crippen LogP contribution in [0.4, 0.5) is 17.1 Å². The monoisotopic (exact) mass is 193 g/mol. The van der Waals surface area contributed by atoms with Gasteiger partial charge in [-0.25, -0.2) is 0 Å². The number of anilines is 3. The van der Waals surface area contributed by atoms with Gasteiger partial charge in [-0.1, -0.05) is 13.8 Å². The molecule has 0 bridgehead atoms. The predicted molar refractivity (Wildman–Crippen MR) is 58.8 cm³/mol. The van der Waals surface area contributed by atoms with Crippen molar-refractivity contribution < 1.29 is 4.79 Å². The molecule has 4 nitrogen and oxygen atoms in total. The molecular weight excluding hydrogens is 178 g/mol. The minimum atomic E-state index is -0.0969. The Balaban J connectivity index is 3.22. The minimum absolute atomic E-state index is 0.0193. The van der Waals surface area contributed by atoms with Gasteiger partial charge in [0.05, 0.1) is 11.4 Å². The highest BCUT2D eigenvalue weighted by Gasteiger charge is 2.14. The first kappa shape index (κ1) is 10.4. The number of rotatable bonds is 2. The summed E-state index contributed by atoms with van der Waals surface area (Å²) in [4.78, 5) is 11.7. The van der Waals surface area contributed by atoms with Crippen LogP contribution in [-0.2, 0) is 0 Å². The number of carbonyl (C=O) groups is 1. The zero-order chi connectivity index (χ0) is 10.9. The lowest BCUT2D eigenvalue weighted by Gasteiger charge is -2.10. The summed E-state index contributed by atoms with van der Waals surface area (Å²) in [6.45, 7) is 3.63. The quantitative estimate of drug-likeness (QED) is 0.487. The third-order valence-electron chi connectivity index (χ3n) is 2.05. The highest BCUT2D eigenvalue weighted by molar-refractivity contribution is 6.03. The van der Waals surface area contributed by atoms with Crippen molar-refractivity contribution in [1.29, 1.82) is 0 Å². The smallest absolute Gasteiger partial charge is 0.167 e. The van der Waals surface area contributed by atoms with Gasteiger partial charge in [-0.2, -0.15) is 0 Å². The topological polar surface area (TPSA) is 95.1 Å². The molecule has 76 valence electrons. The molecule has 0 unspecified atom stereocenters. The van der Waals surface area contributed by atoms with Crippen LogP contribution in [0.25, 0.3) is 0 Å². The molecule has 0 amide bonds. The maximum absolute atomic E-state index is 11.7. The number of Topliss-reactive ketones (excluding diaryl/α,β-unsaturated/α-hetero) is 1. The van der Waals surface area contributed by atoms with Crippen LogP contribution in [0.15, 0.2) is 12.1 Å². The molecule has 6 N–H and O–H groups in total. The van der Waals surface area contributed by atoms with Gasteiger partial charge in [-0.3, -0.25) is 4.79 Å². The summed E-state index contributed by atoms with van der Waals surface area (Å²) in [6, 6.07) is 3.05. The first-order valence-electron chi connectivity index (χ1n) is 4.42. The standard InChI is InChI=1S/C10H15N3O/c1-5(2)10(14)6-3-8(12)9(13)4-7(6)11/h3-5H,11-13H2,1-2H3. The summed E-state index contributed by atoms with van der Waals surface area (Å²) in [6.07, 6.45) is 0. The van der Waals surface area contributed by atoms with Crippen molar-refractivity contribution in [3.05, 3.63) is 17.7 Å². The van der Waals surface area contributed by atoms with Crippen LogP contribution in [0.2, 0.25) is 0 Å². The zero-order valence-corrected chi connectivity index (χ0v) is 8.37. The average Bonchev–Trinajstić information content (AvgIpc) is 2.10. The Labute approximate surface area is 83.1 Å². The number of benzene rings is 1. The van der Waals surface area contributed by atoms with E-state index in [0.29, 0.717) is 22.6 Å². The molecule has 0 heterocycles. The Kier molecular flexibility index (Phi) is 2.65. The second-order valence-corrected chi connectivity index (χ2v) is 3.59. The van der Waals surface area contributed by atoms with Crippen molar-refractivity contribution in [1.82, 2.24) is 0 Å². The highest BCUT2D eigenvalue weighted by atomic mass is 16.1. The molecule has 0 atom stereocenters. The molecule has 0 spiro atoms. The van der Waals surface area contributed by atoms with Gasteiger partial charge >= 0.3 is 0 Å². The molecule has 0 aliphatic heterocycles. The van der Waals surface area contributed by atoms with E-state index in [1.807, 2.05) is 13.8 Å². The Morgan fingerprint density at radius 3 is 2.07 bits per heavy atom. The lowest BCUT2D eigenvalue weighted by atomic mass is 9.98. The summed E-state index contributed by atoms with van der Waals surface area (Å²) in [7, 11) is 0. The highest BCUT2D eigenvalue weighted by Crippen LogP contribution is 2.24. The fourth-order valence-corrected chi connectivity index (χ4v) is 1.18. The third kappa shape index (κ3) is 1.79. The number of nitrogens with two attached hydrogens (primary N) is 3. The van der Waals surface area contributed by atoms with E-state index >= 15 is 0 Å². The van der Waals surface area contributed by atoms with Gasteiger partial charge in [0, 0.05) is 17.2 Å². The van der Waals surface area contributed by atoms with Crippen molar-refractivity contribution >= 4 is 22.8 Å². The average molecular weight is 193 g/mol. The first-order chi connectivity index (χ1) is 6.43. The molecule has 0 fully saturated rings. The Morgan fingerprint density at radius 1 is 1.07 bits per heavy atom. The molecule has 0 aliphatic carbocycles. The first-order valence-corrected chi connectivity index (χ1v) is 4.42. The van der Waals surface area contributed by atoms with Crippen molar-refractivity contribution in [3.63, 3.8) is 0 Å². The molecule has 1 aromatic carbocycles. The van der Waals surface area contributed by atoms with E-state index in [4.69, 9.17) is 17.2 Å². The minimum Gasteiger partial charge on any atom is -0.398 e. The van der Waals surface area contributed by atoms with Crippen LogP contribution in [0.3, 0.4) is 0 Å². The number of ketones is 1. The molecule has 4 heteroatoms. The second-order valence-electron chi connectivity index (χ2n) is 3.59. The molecule has 14 heavy (non-hydrogen) atoms. The Hall–Kier alpha value is -1.71. The van der Waals surface area contributed by atoms with E-state index in [9.17, 15) is 4.79 Å². The molecule has 1 aromatic rings. The zero-order valence-electron chi connectivity index (χ0n) is 8.37. The van der Waals surface area contributed by atoms with Crippen molar-refractivity contribution in [2.45, 2.75) is 13.8 Å². The van der Waals surface area contributed by atoms with Crippen molar-refractivity contribution in [2.24, 2.45) is 5.92 Å². The van der Waals surface area contributed by atoms with Gasteiger partial charge < -0.3 is 17.2 Å². The van der Waals surface area contributed by atoms with Gasteiger partial charge in [0.2, 0.25) is 0 Å². The molecule has 0 aliphatic rings. The molecule has 0 saturated heterocycles. The number of hydrogen-bond donors (Lipinski definition) is 3. The number of carbonyl (C=O) groups excluding carboxylic acids is 1. The normalized spacial score (nSPS) is 10.5. The number of hydrogen-bond acceptors (Lipinski definition) is 4. The van der Waals surface area contributed by atoms with E-state index in [0.717, 1.165) is 0 Å². The SMILES string of the molecule is CC(C)C(=O)c1cc(N)c(N)cc1N. The summed E-state index contributed by atoms with van der Waals surface area (Å²) < 4.78 is 0. The number of nitrogen functional groups attached to an aromatic ring is 3. The van der Waals surface area contributed by atoms with Gasteiger partial charge in [0.15, 0.2) is 5.78 Å². The van der Waals surface area contributed by atoms with E-state index < -0.39 is 0 Å². The van der Waals surface area contributed by atoms with E-state index in [1.165, 1.54) is 12.1 Å². The lowest BCUT2D eigenvalue weighted by molar-refractivity contribution is 0.0940. The largest absolute Gasteiger partial charge is 0.398 e. The fraction of sp³-hybridized carbons (Fsp3) is 0.300. The summed E-state index contributed by atoms with van der Waals surface area (Å²) in [5.74, 6) is -0.116. The molecule has 0 radical (unpaired) electrons. The fourth-order valence-electron chi connectivity index (χ4n) is 1.18. The molecule has 0 saturated carbocycles. The van der Waals surface area contributed by atoms with E-state index in [-0.39, 0.29) is 11.7 Å². The predicted octanol–water partition coefficient (Wildman–Crippen LogP) is 1.27. The van der Waals surface area contributed by atoms with Crippen molar-refractivity contribution in [3.8, 4) is 0 Å². The summed E-state index contributed by atoms with van der Waals surface area (Å²) >= 11 is 0. The maximum atomic E-state index is 11.7. The van der Waals surface area contributed by atoms with Crippen LogP contribution in [0, 0.1) is 5.92 Å². The van der Waals surface area contributed by atoms with Crippen LogP contribution >= 0.6 is 0 Å². The van der Waals surface area contributed by atoms with E-state index in [1.54, 1.807) is 0 Å². The molecule has 0 aromatic heterocycles. The van der Waals surface area contributed by atoms with Gasteiger partial charge in [0.25, 0.3) is 0 Å². The van der Waals surface area contributed by atoms with Gasteiger partial charge in [0.1, 0.15) is 0 Å². The van der Waals surface area contributed by atoms with Crippen LogP contribution in [-0.4, -0.2) is 5.78 Å². The second kappa shape index (κ2) is 3.57. The van der Waals surface area contributed by atoms with Gasteiger partial charge in [-0.15, -0.1) is 0 Å². The summed E-state index contributed by atoms with van der Waals surface area (Å²) in [5.41, 5.74) is 18.4. The Bertz CT molecular complexity index is 372. The molecular formula is C10H15N3O. The molecule has 1 rings (SSSR count).